The summed E-state index contributed by atoms with van der Waals surface area (Å²) in [5, 5.41) is 4.65. The Morgan fingerprint density at radius 1 is 1.27 bits per heavy atom. The molecule has 2 aromatic heterocycles. The summed E-state index contributed by atoms with van der Waals surface area (Å²) in [5.74, 6) is 0.954. The fraction of sp³-hybridized carbons (Fsp3) is 0.429. The molecule has 1 amide bonds. The van der Waals surface area contributed by atoms with Crippen LogP contribution in [0, 0.1) is 0 Å². The van der Waals surface area contributed by atoms with E-state index in [-0.39, 0.29) is 11.9 Å². The highest BCUT2D eigenvalue weighted by molar-refractivity contribution is 6.30. The number of carbonyl (C=O) groups is 1. The number of nitrogens with zero attached hydrogens (tertiary/aromatic N) is 6. The summed E-state index contributed by atoms with van der Waals surface area (Å²) in [5.41, 5.74) is 0. The van der Waals surface area contributed by atoms with E-state index in [1.807, 2.05) is 24.0 Å². The van der Waals surface area contributed by atoms with Crippen molar-refractivity contribution in [2.45, 2.75) is 13.0 Å². The molecule has 1 atom stereocenters. The molecule has 3 heterocycles. The molecule has 1 aliphatic heterocycles. The summed E-state index contributed by atoms with van der Waals surface area (Å²) in [6, 6.07) is 3.40. The van der Waals surface area contributed by atoms with Gasteiger partial charge in [0.1, 0.15) is 24.5 Å². The van der Waals surface area contributed by atoms with Gasteiger partial charge in [-0.15, -0.1) is 0 Å². The van der Waals surface area contributed by atoms with Crippen molar-refractivity contribution in [3.8, 4) is 0 Å². The van der Waals surface area contributed by atoms with Crippen molar-refractivity contribution in [3.63, 3.8) is 0 Å². The zero-order valence-electron chi connectivity index (χ0n) is 12.3. The number of pyridine rings is 1. The molecule has 0 spiro atoms. The van der Waals surface area contributed by atoms with Crippen LogP contribution in [0.25, 0.3) is 0 Å². The van der Waals surface area contributed by atoms with Crippen molar-refractivity contribution in [2.75, 3.05) is 31.1 Å². The minimum Gasteiger partial charge on any atom is -0.353 e. The molecule has 0 unspecified atom stereocenters. The minimum atomic E-state index is -0.331. The van der Waals surface area contributed by atoms with Crippen LogP contribution in [0.15, 0.2) is 31.0 Å². The van der Waals surface area contributed by atoms with Crippen LogP contribution in [0.4, 0.5) is 5.82 Å². The van der Waals surface area contributed by atoms with Gasteiger partial charge in [0.05, 0.1) is 5.02 Å². The summed E-state index contributed by atoms with van der Waals surface area (Å²) >= 11 is 5.85. The molecule has 116 valence electrons. The van der Waals surface area contributed by atoms with Gasteiger partial charge in [-0.3, -0.25) is 4.79 Å². The van der Waals surface area contributed by atoms with E-state index in [2.05, 4.69) is 20.0 Å². The second kappa shape index (κ2) is 6.31. The Balaban J connectivity index is 1.59. The molecule has 8 heteroatoms. The predicted octanol–water partition coefficient (Wildman–Crippen LogP) is 1.24. The summed E-state index contributed by atoms with van der Waals surface area (Å²) in [7, 11) is 0. The van der Waals surface area contributed by atoms with E-state index >= 15 is 0 Å². The standard InChI is InChI=1S/C14H17ClN6O/c1-11(21-10-16-9-18-21)14(22)20-6-4-19(5-7-20)13-3-2-12(15)8-17-13/h2-3,8-11H,4-7H2,1H3/t11-/m1/s1. The average molecular weight is 321 g/mol. The first-order valence-corrected chi connectivity index (χ1v) is 7.52. The van der Waals surface area contributed by atoms with Gasteiger partial charge in [0.25, 0.3) is 0 Å². The molecular weight excluding hydrogens is 304 g/mol. The number of anilines is 1. The van der Waals surface area contributed by atoms with Crippen LogP contribution < -0.4 is 4.90 Å². The number of halogens is 1. The molecule has 0 bridgehead atoms. The Bertz CT molecular complexity index is 621. The predicted molar refractivity (Wildman–Crippen MR) is 82.8 cm³/mol. The van der Waals surface area contributed by atoms with E-state index in [0.717, 1.165) is 18.9 Å². The lowest BCUT2D eigenvalue weighted by Crippen LogP contribution is -2.50. The number of hydrogen-bond acceptors (Lipinski definition) is 5. The first-order valence-electron chi connectivity index (χ1n) is 7.14. The fourth-order valence-corrected chi connectivity index (χ4v) is 2.62. The Morgan fingerprint density at radius 3 is 2.64 bits per heavy atom. The maximum Gasteiger partial charge on any atom is 0.247 e. The zero-order chi connectivity index (χ0) is 15.5. The molecule has 22 heavy (non-hydrogen) atoms. The lowest BCUT2D eigenvalue weighted by Gasteiger charge is -2.36. The second-order valence-corrected chi connectivity index (χ2v) is 5.63. The van der Waals surface area contributed by atoms with E-state index < -0.39 is 0 Å². The Hall–Kier alpha value is -2.15. The average Bonchev–Trinajstić information content (AvgIpc) is 3.09. The van der Waals surface area contributed by atoms with E-state index in [1.165, 1.54) is 6.33 Å². The third kappa shape index (κ3) is 3.04. The van der Waals surface area contributed by atoms with Crippen molar-refractivity contribution < 1.29 is 4.79 Å². The van der Waals surface area contributed by atoms with Gasteiger partial charge >= 0.3 is 0 Å². The van der Waals surface area contributed by atoms with Crippen LogP contribution >= 0.6 is 11.6 Å². The van der Waals surface area contributed by atoms with Crippen molar-refractivity contribution in [1.82, 2.24) is 24.6 Å². The van der Waals surface area contributed by atoms with Gasteiger partial charge in [0.15, 0.2) is 0 Å². The van der Waals surface area contributed by atoms with Crippen LogP contribution in [0.3, 0.4) is 0 Å². The van der Waals surface area contributed by atoms with Gasteiger partial charge in [-0.05, 0) is 19.1 Å². The number of hydrogen-bond donors (Lipinski definition) is 0. The van der Waals surface area contributed by atoms with E-state index in [0.29, 0.717) is 18.1 Å². The highest BCUT2D eigenvalue weighted by atomic mass is 35.5. The summed E-state index contributed by atoms with van der Waals surface area (Å²) in [6.45, 7) is 4.68. The molecule has 0 aromatic carbocycles. The highest BCUT2D eigenvalue weighted by Gasteiger charge is 2.26. The van der Waals surface area contributed by atoms with Gasteiger partial charge in [0.2, 0.25) is 5.91 Å². The maximum absolute atomic E-state index is 12.5. The van der Waals surface area contributed by atoms with Gasteiger partial charge in [-0.25, -0.2) is 14.6 Å². The monoisotopic (exact) mass is 320 g/mol. The normalized spacial score (nSPS) is 16.6. The minimum absolute atomic E-state index is 0.0641. The third-order valence-corrected chi connectivity index (χ3v) is 4.04. The molecule has 3 rings (SSSR count). The van der Waals surface area contributed by atoms with Crippen LogP contribution in [0.5, 0.6) is 0 Å². The quantitative estimate of drug-likeness (QED) is 0.851. The SMILES string of the molecule is C[C@H](C(=O)N1CCN(c2ccc(Cl)cn2)CC1)n1cncn1. The Kier molecular flexibility index (Phi) is 4.24. The van der Waals surface area contributed by atoms with Gasteiger partial charge < -0.3 is 9.80 Å². The second-order valence-electron chi connectivity index (χ2n) is 5.20. The highest BCUT2D eigenvalue weighted by Crippen LogP contribution is 2.17. The number of carbonyl (C=O) groups excluding carboxylic acids is 1. The molecule has 0 N–H and O–H groups in total. The van der Waals surface area contributed by atoms with E-state index in [4.69, 9.17) is 11.6 Å². The van der Waals surface area contributed by atoms with Crippen molar-refractivity contribution in [3.05, 3.63) is 36.0 Å². The van der Waals surface area contributed by atoms with E-state index in [1.54, 1.807) is 17.2 Å². The summed E-state index contributed by atoms with van der Waals surface area (Å²) < 4.78 is 1.58. The maximum atomic E-state index is 12.5. The number of aromatic nitrogens is 4. The summed E-state index contributed by atoms with van der Waals surface area (Å²) in [6.07, 6.45) is 4.64. The zero-order valence-corrected chi connectivity index (χ0v) is 13.0. The van der Waals surface area contributed by atoms with Crippen molar-refractivity contribution in [1.29, 1.82) is 0 Å². The first-order chi connectivity index (χ1) is 10.6. The lowest BCUT2D eigenvalue weighted by molar-refractivity contribution is -0.134. The van der Waals surface area contributed by atoms with Gasteiger partial charge in [0, 0.05) is 32.4 Å². The molecule has 0 saturated carbocycles. The summed E-state index contributed by atoms with van der Waals surface area (Å²) in [4.78, 5) is 24.7. The Morgan fingerprint density at radius 2 is 2.05 bits per heavy atom. The molecule has 1 aliphatic rings. The lowest BCUT2D eigenvalue weighted by atomic mass is 10.2. The largest absolute Gasteiger partial charge is 0.353 e. The smallest absolute Gasteiger partial charge is 0.247 e. The Labute approximate surface area is 133 Å². The first kappa shape index (κ1) is 14.8. The third-order valence-electron chi connectivity index (χ3n) is 3.82. The molecular formula is C14H17ClN6O. The number of piperazine rings is 1. The molecule has 0 aliphatic carbocycles. The number of amides is 1. The number of rotatable bonds is 3. The molecule has 1 saturated heterocycles. The van der Waals surface area contributed by atoms with Crippen LogP contribution in [-0.4, -0.2) is 56.7 Å². The van der Waals surface area contributed by atoms with E-state index in [9.17, 15) is 4.79 Å². The molecule has 2 aromatic rings. The van der Waals surface area contributed by atoms with Crippen LogP contribution in [0.1, 0.15) is 13.0 Å². The van der Waals surface area contributed by atoms with Gasteiger partial charge in [-0.1, -0.05) is 11.6 Å². The van der Waals surface area contributed by atoms with Crippen molar-refractivity contribution >= 4 is 23.3 Å². The fourth-order valence-electron chi connectivity index (χ4n) is 2.51. The topological polar surface area (TPSA) is 67.2 Å². The van der Waals surface area contributed by atoms with Crippen LogP contribution in [-0.2, 0) is 4.79 Å². The molecule has 1 fully saturated rings. The van der Waals surface area contributed by atoms with Gasteiger partial charge in [-0.2, -0.15) is 5.10 Å². The molecule has 7 nitrogen and oxygen atoms in total. The van der Waals surface area contributed by atoms with Crippen LogP contribution in [0.2, 0.25) is 5.02 Å². The van der Waals surface area contributed by atoms with Crippen molar-refractivity contribution in [2.24, 2.45) is 0 Å². The molecule has 0 radical (unpaired) electrons.